The van der Waals surface area contributed by atoms with Crippen LogP contribution in [0.1, 0.15) is 44.9 Å². The van der Waals surface area contributed by atoms with Crippen molar-refractivity contribution in [2.75, 3.05) is 20.1 Å². The van der Waals surface area contributed by atoms with Gasteiger partial charge in [0.1, 0.15) is 0 Å². The van der Waals surface area contributed by atoms with Crippen LogP contribution in [0.5, 0.6) is 0 Å². The zero-order valence-corrected chi connectivity index (χ0v) is 10.7. The first kappa shape index (κ1) is 12.9. The molecule has 0 unspecified atom stereocenters. The largest absolute Gasteiger partial charge is 0.393 e. The summed E-state index contributed by atoms with van der Waals surface area (Å²) in [5.74, 6) is 0.964. The van der Waals surface area contributed by atoms with Gasteiger partial charge in [-0.25, -0.2) is 0 Å². The van der Waals surface area contributed by atoms with Gasteiger partial charge in [0.15, 0.2) is 0 Å². The fourth-order valence-corrected chi connectivity index (χ4v) is 2.55. The van der Waals surface area contributed by atoms with E-state index in [1.165, 1.54) is 45.2 Å². The van der Waals surface area contributed by atoms with E-state index in [9.17, 15) is 0 Å². The quantitative estimate of drug-likeness (QED) is 0.536. The van der Waals surface area contributed by atoms with E-state index in [0.717, 1.165) is 18.8 Å². The van der Waals surface area contributed by atoms with Crippen LogP contribution in [0.4, 0.5) is 0 Å². The van der Waals surface area contributed by atoms with Crippen LogP contribution in [-0.2, 0) is 0 Å². The smallest absolute Gasteiger partial charge is 0.0727 e. The molecule has 1 aliphatic rings. The van der Waals surface area contributed by atoms with E-state index < -0.39 is 0 Å². The van der Waals surface area contributed by atoms with Crippen molar-refractivity contribution in [3.8, 4) is 0 Å². The summed E-state index contributed by atoms with van der Waals surface area (Å²) in [4.78, 5) is 3.13. The zero-order chi connectivity index (χ0) is 11.1. The maximum atomic E-state index is 5.46. The Balaban J connectivity index is 1.97. The number of thiocarbonyl (C=S) groups is 1. The summed E-state index contributed by atoms with van der Waals surface area (Å²) in [6.07, 6.45) is 9.05. The third kappa shape index (κ3) is 6.10. The van der Waals surface area contributed by atoms with Gasteiger partial charge in [-0.15, -0.1) is 0 Å². The second-order valence-electron chi connectivity index (χ2n) is 4.84. The average molecular weight is 228 g/mol. The summed E-state index contributed by atoms with van der Waals surface area (Å²) in [5.41, 5.74) is 5.46. The Kier molecular flexibility index (Phi) is 6.18. The lowest BCUT2D eigenvalue weighted by atomic mass is 10.1. The number of rotatable bonds is 7. The fraction of sp³-hybridized carbons (Fsp3) is 0.917. The minimum absolute atomic E-state index is 0.661. The van der Waals surface area contributed by atoms with Crippen molar-refractivity contribution in [1.29, 1.82) is 0 Å². The summed E-state index contributed by atoms with van der Waals surface area (Å²) < 4.78 is 0. The molecule has 2 nitrogen and oxygen atoms in total. The second kappa shape index (κ2) is 7.18. The van der Waals surface area contributed by atoms with Crippen molar-refractivity contribution in [2.45, 2.75) is 44.9 Å². The first-order valence-electron chi connectivity index (χ1n) is 6.15. The van der Waals surface area contributed by atoms with Crippen LogP contribution in [0, 0.1) is 5.92 Å². The minimum atomic E-state index is 0.661. The van der Waals surface area contributed by atoms with Gasteiger partial charge in [-0.2, -0.15) is 0 Å². The lowest BCUT2D eigenvalue weighted by Gasteiger charge is -2.20. The number of hydrogen-bond acceptors (Lipinski definition) is 2. The SMILES string of the molecule is CN(CCCCC(N)=S)CC1CCCC1. The third-order valence-electron chi connectivity index (χ3n) is 3.26. The van der Waals surface area contributed by atoms with Crippen LogP contribution in [0.15, 0.2) is 0 Å². The van der Waals surface area contributed by atoms with E-state index >= 15 is 0 Å². The summed E-state index contributed by atoms with van der Waals surface area (Å²) >= 11 is 4.85. The number of hydrogen-bond donors (Lipinski definition) is 1. The molecule has 0 aromatic rings. The summed E-state index contributed by atoms with van der Waals surface area (Å²) in [6.45, 7) is 2.48. The van der Waals surface area contributed by atoms with Crippen LogP contribution < -0.4 is 5.73 Å². The van der Waals surface area contributed by atoms with Crippen molar-refractivity contribution in [2.24, 2.45) is 11.7 Å². The van der Waals surface area contributed by atoms with Crippen LogP contribution in [0.25, 0.3) is 0 Å². The van der Waals surface area contributed by atoms with Gasteiger partial charge in [0, 0.05) is 6.54 Å². The summed E-state index contributed by atoms with van der Waals surface area (Å²) in [6, 6.07) is 0. The van der Waals surface area contributed by atoms with Crippen LogP contribution in [0.3, 0.4) is 0 Å². The van der Waals surface area contributed by atoms with Crippen molar-refractivity contribution >= 4 is 17.2 Å². The number of unbranched alkanes of at least 4 members (excludes halogenated alkanes) is 1. The van der Waals surface area contributed by atoms with E-state index in [1.54, 1.807) is 0 Å². The minimum Gasteiger partial charge on any atom is -0.393 e. The molecule has 1 aliphatic carbocycles. The summed E-state index contributed by atoms with van der Waals surface area (Å²) in [7, 11) is 2.24. The molecular weight excluding hydrogens is 204 g/mol. The molecule has 3 heteroatoms. The highest BCUT2D eigenvalue weighted by Gasteiger charge is 2.16. The molecule has 0 amide bonds. The van der Waals surface area contributed by atoms with E-state index in [1.807, 2.05) is 0 Å². The molecule has 0 bridgehead atoms. The van der Waals surface area contributed by atoms with Crippen molar-refractivity contribution < 1.29 is 0 Å². The molecule has 0 aliphatic heterocycles. The third-order valence-corrected chi connectivity index (χ3v) is 3.46. The molecule has 2 N–H and O–H groups in total. The van der Waals surface area contributed by atoms with Gasteiger partial charge in [-0.1, -0.05) is 25.1 Å². The molecule has 0 aromatic carbocycles. The highest BCUT2D eigenvalue weighted by molar-refractivity contribution is 7.80. The molecule has 88 valence electrons. The van der Waals surface area contributed by atoms with Gasteiger partial charge in [-0.05, 0) is 51.6 Å². The highest BCUT2D eigenvalue weighted by atomic mass is 32.1. The van der Waals surface area contributed by atoms with Crippen LogP contribution in [-0.4, -0.2) is 30.0 Å². The van der Waals surface area contributed by atoms with Gasteiger partial charge in [0.25, 0.3) is 0 Å². The van der Waals surface area contributed by atoms with Crippen LogP contribution >= 0.6 is 12.2 Å². The second-order valence-corrected chi connectivity index (χ2v) is 5.36. The van der Waals surface area contributed by atoms with Crippen molar-refractivity contribution in [3.05, 3.63) is 0 Å². The Morgan fingerprint density at radius 2 is 2.00 bits per heavy atom. The molecule has 0 aromatic heterocycles. The molecule has 1 saturated carbocycles. The monoisotopic (exact) mass is 228 g/mol. The topological polar surface area (TPSA) is 29.3 Å². The number of nitrogens with two attached hydrogens (primary N) is 1. The zero-order valence-electron chi connectivity index (χ0n) is 9.87. The summed E-state index contributed by atoms with van der Waals surface area (Å²) in [5, 5.41) is 0. The Hall–Kier alpha value is -0.150. The maximum Gasteiger partial charge on any atom is 0.0727 e. The Morgan fingerprint density at radius 1 is 1.33 bits per heavy atom. The normalized spacial score (nSPS) is 17.5. The molecule has 0 radical (unpaired) electrons. The molecule has 1 rings (SSSR count). The predicted octanol–water partition coefficient (Wildman–Crippen LogP) is 2.56. The van der Waals surface area contributed by atoms with Gasteiger partial charge in [0.05, 0.1) is 4.99 Å². The van der Waals surface area contributed by atoms with Gasteiger partial charge in [0.2, 0.25) is 0 Å². The highest BCUT2D eigenvalue weighted by Crippen LogP contribution is 2.25. The molecule has 0 spiro atoms. The lowest BCUT2D eigenvalue weighted by Crippen LogP contribution is -2.25. The predicted molar refractivity (Wildman–Crippen MR) is 70.1 cm³/mol. The van der Waals surface area contributed by atoms with Gasteiger partial charge in [-0.3, -0.25) is 0 Å². The maximum absolute atomic E-state index is 5.46. The van der Waals surface area contributed by atoms with Crippen LogP contribution in [0.2, 0.25) is 0 Å². The van der Waals surface area contributed by atoms with Crippen molar-refractivity contribution in [3.63, 3.8) is 0 Å². The first-order chi connectivity index (χ1) is 7.18. The standard InChI is InChI=1S/C12H24N2S/c1-14(9-5-4-8-12(13)15)10-11-6-2-3-7-11/h11H,2-10H2,1H3,(H2,13,15). The Bertz CT molecular complexity index is 188. The van der Waals surface area contributed by atoms with E-state index in [-0.39, 0.29) is 0 Å². The number of nitrogens with zero attached hydrogens (tertiary/aromatic N) is 1. The first-order valence-corrected chi connectivity index (χ1v) is 6.56. The molecular formula is C12H24N2S. The van der Waals surface area contributed by atoms with Gasteiger partial charge < -0.3 is 10.6 Å². The molecule has 0 heterocycles. The molecule has 15 heavy (non-hydrogen) atoms. The van der Waals surface area contributed by atoms with E-state index in [0.29, 0.717) is 4.99 Å². The van der Waals surface area contributed by atoms with Crippen molar-refractivity contribution in [1.82, 2.24) is 4.90 Å². The lowest BCUT2D eigenvalue weighted by molar-refractivity contribution is 0.274. The molecule has 0 atom stereocenters. The van der Waals surface area contributed by atoms with E-state index in [2.05, 4.69) is 11.9 Å². The van der Waals surface area contributed by atoms with Gasteiger partial charge >= 0.3 is 0 Å². The Morgan fingerprint density at radius 3 is 2.60 bits per heavy atom. The average Bonchev–Trinajstić information content (AvgIpc) is 2.64. The Labute approximate surface area is 99.2 Å². The molecule has 0 saturated heterocycles. The molecule has 1 fully saturated rings. The fourth-order valence-electron chi connectivity index (χ4n) is 2.41. The van der Waals surface area contributed by atoms with E-state index in [4.69, 9.17) is 18.0 Å².